The van der Waals surface area contributed by atoms with E-state index in [2.05, 4.69) is 4.98 Å². The van der Waals surface area contributed by atoms with Crippen LogP contribution >= 0.6 is 0 Å². The molecular formula is C13H16N2OS. The van der Waals surface area contributed by atoms with Gasteiger partial charge in [-0.05, 0) is 23.8 Å². The fraction of sp³-hybridized carbons (Fsp3) is 0.308. The van der Waals surface area contributed by atoms with E-state index in [4.69, 9.17) is 5.73 Å². The van der Waals surface area contributed by atoms with Crippen molar-refractivity contribution in [2.45, 2.75) is 24.9 Å². The molecule has 2 rings (SSSR count). The summed E-state index contributed by atoms with van der Waals surface area (Å²) in [4.78, 5) is 4.34. The SMILES string of the molecule is CC(C)S(=O)Cc1ccc(N)c2cccnc12. The van der Waals surface area contributed by atoms with E-state index < -0.39 is 10.8 Å². The molecule has 1 atom stereocenters. The fourth-order valence-electron chi connectivity index (χ4n) is 1.69. The Morgan fingerprint density at radius 2 is 2.12 bits per heavy atom. The predicted molar refractivity (Wildman–Crippen MR) is 73.1 cm³/mol. The molecule has 1 aromatic carbocycles. The lowest BCUT2D eigenvalue weighted by atomic mass is 10.1. The fourth-order valence-corrected chi connectivity index (χ4v) is 2.56. The average Bonchev–Trinajstić information content (AvgIpc) is 2.33. The standard InChI is InChI=1S/C13H16N2OS/c1-9(2)17(16)8-10-5-6-12(14)11-4-3-7-15-13(10)11/h3-7,9H,8,14H2,1-2H3. The van der Waals surface area contributed by atoms with Crippen molar-refractivity contribution in [3.8, 4) is 0 Å². The third-order valence-corrected chi connectivity index (χ3v) is 4.36. The normalized spacial score (nSPS) is 13.1. The Hall–Kier alpha value is -1.42. The molecule has 0 saturated heterocycles. The highest BCUT2D eigenvalue weighted by Gasteiger charge is 2.10. The van der Waals surface area contributed by atoms with Gasteiger partial charge in [0, 0.05) is 33.3 Å². The van der Waals surface area contributed by atoms with Crippen LogP contribution in [0.15, 0.2) is 30.5 Å². The summed E-state index contributed by atoms with van der Waals surface area (Å²) in [6.07, 6.45) is 1.74. The maximum atomic E-state index is 11.9. The van der Waals surface area contributed by atoms with E-state index in [-0.39, 0.29) is 5.25 Å². The van der Waals surface area contributed by atoms with E-state index >= 15 is 0 Å². The van der Waals surface area contributed by atoms with Crippen LogP contribution in [0.25, 0.3) is 10.9 Å². The number of nitrogen functional groups attached to an aromatic ring is 1. The Morgan fingerprint density at radius 3 is 2.82 bits per heavy atom. The Kier molecular flexibility index (Phi) is 3.43. The molecule has 0 amide bonds. The Balaban J connectivity index is 2.48. The van der Waals surface area contributed by atoms with Gasteiger partial charge in [0.25, 0.3) is 0 Å². The van der Waals surface area contributed by atoms with Crippen molar-refractivity contribution in [2.24, 2.45) is 0 Å². The molecular weight excluding hydrogens is 232 g/mol. The largest absolute Gasteiger partial charge is 0.398 e. The second-order valence-electron chi connectivity index (χ2n) is 4.29. The zero-order chi connectivity index (χ0) is 12.4. The van der Waals surface area contributed by atoms with Crippen LogP contribution in [-0.2, 0) is 16.6 Å². The minimum Gasteiger partial charge on any atom is -0.398 e. The summed E-state index contributed by atoms with van der Waals surface area (Å²) in [6, 6.07) is 7.59. The smallest absolute Gasteiger partial charge is 0.0763 e. The number of aromatic nitrogens is 1. The summed E-state index contributed by atoms with van der Waals surface area (Å²) < 4.78 is 11.9. The monoisotopic (exact) mass is 248 g/mol. The van der Waals surface area contributed by atoms with Gasteiger partial charge in [-0.3, -0.25) is 9.19 Å². The molecule has 2 N–H and O–H groups in total. The molecule has 0 aliphatic heterocycles. The lowest BCUT2D eigenvalue weighted by Crippen LogP contribution is -2.08. The van der Waals surface area contributed by atoms with Gasteiger partial charge in [-0.15, -0.1) is 0 Å². The van der Waals surface area contributed by atoms with Gasteiger partial charge in [0.15, 0.2) is 0 Å². The van der Waals surface area contributed by atoms with E-state index in [0.29, 0.717) is 11.4 Å². The molecule has 0 aliphatic rings. The van der Waals surface area contributed by atoms with Gasteiger partial charge in [0.1, 0.15) is 0 Å². The van der Waals surface area contributed by atoms with Crippen LogP contribution in [0, 0.1) is 0 Å². The molecule has 2 aromatic rings. The zero-order valence-corrected chi connectivity index (χ0v) is 10.8. The summed E-state index contributed by atoms with van der Waals surface area (Å²) in [7, 11) is -0.866. The second-order valence-corrected chi connectivity index (χ2v) is 6.28. The summed E-state index contributed by atoms with van der Waals surface area (Å²) in [5, 5.41) is 1.09. The molecule has 17 heavy (non-hydrogen) atoms. The van der Waals surface area contributed by atoms with Crippen molar-refractivity contribution in [3.63, 3.8) is 0 Å². The number of rotatable bonds is 3. The number of anilines is 1. The van der Waals surface area contributed by atoms with E-state index in [1.807, 2.05) is 38.1 Å². The number of hydrogen-bond acceptors (Lipinski definition) is 3. The first-order valence-corrected chi connectivity index (χ1v) is 6.97. The number of nitrogens with two attached hydrogens (primary N) is 1. The summed E-state index contributed by atoms with van der Waals surface area (Å²) in [5.41, 5.74) is 8.48. The molecule has 0 radical (unpaired) electrons. The molecule has 4 heteroatoms. The van der Waals surface area contributed by atoms with Gasteiger partial charge in [0.05, 0.1) is 11.3 Å². The highest BCUT2D eigenvalue weighted by atomic mass is 32.2. The van der Waals surface area contributed by atoms with Crippen LogP contribution in [0.4, 0.5) is 5.69 Å². The number of hydrogen-bond donors (Lipinski definition) is 1. The van der Waals surface area contributed by atoms with Crippen molar-refractivity contribution in [3.05, 3.63) is 36.0 Å². The van der Waals surface area contributed by atoms with Crippen LogP contribution in [0.3, 0.4) is 0 Å². The molecule has 0 bridgehead atoms. The number of benzene rings is 1. The van der Waals surface area contributed by atoms with Gasteiger partial charge in [0.2, 0.25) is 0 Å². The van der Waals surface area contributed by atoms with Crippen LogP contribution in [0.1, 0.15) is 19.4 Å². The van der Waals surface area contributed by atoms with Crippen molar-refractivity contribution in [1.29, 1.82) is 0 Å². The molecule has 1 aromatic heterocycles. The summed E-state index contributed by atoms with van der Waals surface area (Å²) in [5.74, 6) is 0.533. The van der Waals surface area contributed by atoms with Crippen LogP contribution < -0.4 is 5.73 Å². The topological polar surface area (TPSA) is 56.0 Å². The number of pyridine rings is 1. The Morgan fingerprint density at radius 1 is 1.35 bits per heavy atom. The molecule has 0 saturated carbocycles. The zero-order valence-electron chi connectivity index (χ0n) is 10.0. The third-order valence-electron chi connectivity index (χ3n) is 2.71. The first-order valence-electron chi connectivity index (χ1n) is 5.59. The molecule has 90 valence electrons. The summed E-state index contributed by atoms with van der Waals surface area (Å²) in [6.45, 7) is 3.92. The van der Waals surface area contributed by atoms with Crippen molar-refractivity contribution in [1.82, 2.24) is 4.98 Å². The van der Waals surface area contributed by atoms with Crippen molar-refractivity contribution < 1.29 is 4.21 Å². The predicted octanol–water partition coefficient (Wildman–Crippen LogP) is 2.47. The Labute approximate surface area is 104 Å². The van der Waals surface area contributed by atoms with E-state index in [9.17, 15) is 4.21 Å². The maximum Gasteiger partial charge on any atom is 0.0763 e. The third kappa shape index (κ3) is 2.47. The van der Waals surface area contributed by atoms with E-state index in [1.165, 1.54) is 0 Å². The van der Waals surface area contributed by atoms with Gasteiger partial charge in [-0.25, -0.2) is 0 Å². The van der Waals surface area contributed by atoms with Crippen molar-refractivity contribution >= 4 is 27.4 Å². The average molecular weight is 248 g/mol. The molecule has 3 nitrogen and oxygen atoms in total. The lowest BCUT2D eigenvalue weighted by Gasteiger charge is -2.09. The lowest BCUT2D eigenvalue weighted by molar-refractivity contribution is 0.676. The van der Waals surface area contributed by atoms with Crippen LogP contribution in [-0.4, -0.2) is 14.4 Å². The minimum atomic E-state index is -0.866. The first kappa shape index (κ1) is 12.0. The quantitative estimate of drug-likeness (QED) is 0.849. The van der Waals surface area contributed by atoms with Gasteiger partial charge >= 0.3 is 0 Å². The van der Waals surface area contributed by atoms with Gasteiger partial charge in [-0.2, -0.15) is 0 Å². The molecule has 0 fully saturated rings. The molecule has 1 heterocycles. The van der Waals surface area contributed by atoms with Crippen molar-refractivity contribution in [2.75, 3.05) is 5.73 Å². The molecule has 0 spiro atoms. The van der Waals surface area contributed by atoms with E-state index in [1.54, 1.807) is 6.20 Å². The van der Waals surface area contributed by atoms with Gasteiger partial charge < -0.3 is 5.73 Å². The maximum absolute atomic E-state index is 11.9. The molecule has 1 unspecified atom stereocenters. The van der Waals surface area contributed by atoms with Crippen LogP contribution in [0.5, 0.6) is 0 Å². The number of nitrogens with zero attached hydrogens (tertiary/aromatic N) is 1. The number of fused-ring (bicyclic) bond motifs is 1. The summed E-state index contributed by atoms with van der Waals surface area (Å²) >= 11 is 0. The molecule has 0 aliphatic carbocycles. The van der Waals surface area contributed by atoms with Gasteiger partial charge in [-0.1, -0.05) is 19.9 Å². The van der Waals surface area contributed by atoms with E-state index in [0.717, 1.165) is 16.5 Å². The first-order chi connectivity index (χ1) is 8.09. The highest BCUT2D eigenvalue weighted by Crippen LogP contribution is 2.23. The minimum absolute atomic E-state index is 0.159. The Bertz CT molecular complexity index is 566. The highest BCUT2D eigenvalue weighted by molar-refractivity contribution is 7.84. The second kappa shape index (κ2) is 4.84. The van der Waals surface area contributed by atoms with Crippen LogP contribution in [0.2, 0.25) is 0 Å².